The van der Waals surface area contributed by atoms with Crippen molar-refractivity contribution in [1.29, 1.82) is 0 Å². The van der Waals surface area contributed by atoms with Crippen LogP contribution in [0.2, 0.25) is 0 Å². The topological polar surface area (TPSA) is 107 Å². The van der Waals surface area contributed by atoms with E-state index in [0.717, 1.165) is 19.3 Å². The van der Waals surface area contributed by atoms with Crippen LogP contribution >= 0.6 is 0 Å². The maximum atomic E-state index is 12.3. The first-order valence-electron chi connectivity index (χ1n) is 14.6. The molecule has 4 fully saturated rings. The molecule has 13 unspecified atom stereocenters. The molecule has 6 nitrogen and oxygen atoms in total. The van der Waals surface area contributed by atoms with Crippen LogP contribution in [0.5, 0.6) is 0 Å². The summed E-state index contributed by atoms with van der Waals surface area (Å²) in [6.45, 7) is 15.0. The lowest BCUT2D eigenvalue weighted by Gasteiger charge is -2.67. The zero-order valence-corrected chi connectivity index (χ0v) is 23.6. The predicted molar refractivity (Wildman–Crippen MR) is 139 cm³/mol. The molecule has 4 aliphatic carbocycles. The first-order chi connectivity index (χ1) is 16.7. The van der Waals surface area contributed by atoms with Crippen molar-refractivity contribution in [3.63, 3.8) is 0 Å². The molecular formula is C30H52O6. The van der Waals surface area contributed by atoms with E-state index in [4.69, 9.17) is 4.74 Å². The SMILES string of the molecule is CC(=O)OC1CC2(C)C(C(C)CCC(C)C(C)C)CCC2C2CC(O)C3(O)CC(O)CC(O)C3(C)C12. The number of ether oxygens (including phenoxy) is 1. The molecule has 4 rings (SSSR count). The molecule has 0 heterocycles. The molecule has 4 aliphatic rings. The highest BCUT2D eigenvalue weighted by Gasteiger charge is 2.72. The zero-order chi connectivity index (χ0) is 26.8. The molecular weight excluding hydrogens is 456 g/mol. The molecule has 4 N–H and O–H groups in total. The van der Waals surface area contributed by atoms with Crippen molar-refractivity contribution in [2.45, 2.75) is 130 Å². The van der Waals surface area contributed by atoms with E-state index in [-0.39, 0.29) is 36.1 Å². The van der Waals surface area contributed by atoms with Crippen LogP contribution in [-0.4, -0.2) is 56.4 Å². The smallest absolute Gasteiger partial charge is 0.302 e. The van der Waals surface area contributed by atoms with Crippen LogP contribution in [0.1, 0.15) is 99.8 Å². The van der Waals surface area contributed by atoms with E-state index in [2.05, 4.69) is 34.6 Å². The van der Waals surface area contributed by atoms with Crippen LogP contribution in [-0.2, 0) is 9.53 Å². The minimum Gasteiger partial charge on any atom is -0.462 e. The number of aliphatic hydroxyl groups excluding tert-OH is 3. The Morgan fingerprint density at radius 2 is 1.64 bits per heavy atom. The second kappa shape index (κ2) is 9.81. The standard InChI is InChI=1S/C30H52O6/c1-16(2)17(3)8-9-18(4)22-10-11-23-21-13-26(34)30(35)14-20(32)12-25(33)29(30,7)27(21)24(36-19(5)31)15-28(22,23)6/h16-18,20-27,32-35H,8-15H2,1-7H3. The number of hydrogen-bond acceptors (Lipinski definition) is 6. The number of hydrogen-bond donors (Lipinski definition) is 4. The fourth-order valence-corrected chi connectivity index (χ4v) is 9.76. The summed E-state index contributed by atoms with van der Waals surface area (Å²) in [4.78, 5) is 12.3. The summed E-state index contributed by atoms with van der Waals surface area (Å²) in [5.41, 5.74) is -2.70. The van der Waals surface area contributed by atoms with Gasteiger partial charge in [-0.25, -0.2) is 0 Å². The van der Waals surface area contributed by atoms with Gasteiger partial charge in [0.1, 0.15) is 11.7 Å². The molecule has 0 saturated heterocycles. The molecule has 0 aromatic rings. The lowest BCUT2D eigenvalue weighted by molar-refractivity contribution is -0.311. The summed E-state index contributed by atoms with van der Waals surface area (Å²) in [5.74, 6) is 2.25. The molecule has 0 bridgehead atoms. The molecule has 0 radical (unpaired) electrons. The Morgan fingerprint density at radius 3 is 2.25 bits per heavy atom. The Hall–Kier alpha value is -0.690. The van der Waals surface area contributed by atoms with E-state index < -0.39 is 35.4 Å². The second-order valence-corrected chi connectivity index (χ2v) is 14.2. The fourth-order valence-electron chi connectivity index (χ4n) is 9.76. The summed E-state index contributed by atoms with van der Waals surface area (Å²) < 4.78 is 6.06. The molecule has 208 valence electrons. The molecule has 6 heteroatoms. The lowest BCUT2D eigenvalue weighted by atomic mass is 9.41. The van der Waals surface area contributed by atoms with Crippen molar-refractivity contribution in [3.05, 3.63) is 0 Å². The van der Waals surface area contributed by atoms with E-state index in [0.29, 0.717) is 36.0 Å². The van der Waals surface area contributed by atoms with E-state index in [1.54, 1.807) is 0 Å². The van der Waals surface area contributed by atoms with Crippen molar-refractivity contribution in [2.75, 3.05) is 0 Å². The summed E-state index contributed by atoms with van der Waals surface area (Å²) in [5, 5.41) is 45.0. The van der Waals surface area contributed by atoms with Crippen LogP contribution in [0, 0.1) is 52.3 Å². The summed E-state index contributed by atoms with van der Waals surface area (Å²) in [6.07, 6.45) is 2.64. The summed E-state index contributed by atoms with van der Waals surface area (Å²) >= 11 is 0. The zero-order valence-electron chi connectivity index (χ0n) is 23.6. The Balaban J connectivity index is 1.69. The minimum absolute atomic E-state index is 0.0214. The van der Waals surface area contributed by atoms with Crippen LogP contribution in [0.15, 0.2) is 0 Å². The molecule has 0 aliphatic heterocycles. The van der Waals surface area contributed by atoms with Crippen LogP contribution in [0.3, 0.4) is 0 Å². The first-order valence-corrected chi connectivity index (χ1v) is 14.6. The van der Waals surface area contributed by atoms with Gasteiger partial charge in [0, 0.05) is 24.7 Å². The Bertz CT molecular complexity index is 815. The minimum atomic E-state index is -1.62. The number of fused-ring (bicyclic) bond motifs is 5. The monoisotopic (exact) mass is 508 g/mol. The first kappa shape index (κ1) is 28.3. The second-order valence-electron chi connectivity index (χ2n) is 14.2. The predicted octanol–water partition coefficient (Wildman–Crippen LogP) is 4.31. The third-order valence-electron chi connectivity index (χ3n) is 12.1. The van der Waals surface area contributed by atoms with Crippen molar-refractivity contribution in [3.8, 4) is 0 Å². The Morgan fingerprint density at radius 1 is 0.972 bits per heavy atom. The van der Waals surface area contributed by atoms with E-state index in [9.17, 15) is 25.2 Å². The van der Waals surface area contributed by atoms with Gasteiger partial charge in [-0.3, -0.25) is 4.79 Å². The number of rotatable bonds is 6. The molecule has 0 aromatic carbocycles. The number of aliphatic hydroxyl groups is 4. The Labute approximate surface area is 218 Å². The number of carbonyl (C=O) groups is 1. The quantitative estimate of drug-likeness (QED) is 0.398. The maximum absolute atomic E-state index is 12.3. The third kappa shape index (κ3) is 4.26. The third-order valence-corrected chi connectivity index (χ3v) is 12.1. The average molecular weight is 509 g/mol. The fraction of sp³-hybridized carbons (Fsp3) is 0.967. The molecule has 0 aromatic heterocycles. The summed E-state index contributed by atoms with van der Waals surface area (Å²) in [7, 11) is 0. The van der Waals surface area contributed by atoms with Gasteiger partial charge >= 0.3 is 5.97 Å². The van der Waals surface area contributed by atoms with Gasteiger partial charge in [0.2, 0.25) is 0 Å². The van der Waals surface area contributed by atoms with Crippen molar-refractivity contribution in [2.24, 2.45) is 52.3 Å². The van der Waals surface area contributed by atoms with Crippen LogP contribution in [0.25, 0.3) is 0 Å². The van der Waals surface area contributed by atoms with Gasteiger partial charge in [0.15, 0.2) is 0 Å². The highest BCUT2D eigenvalue weighted by atomic mass is 16.5. The van der Waals surface area contributed by atoms with E-state index in [1.165, 1.54) is 19.8 Å². The molecule has 4 saturated carbocycles. The van der Waals surface area contributed by atoms with E-state index >= 15 is 0 Å². The molecule has 36 heavy (non-hydrogen) atoms. The normalized spacial score (nSPS) is 50.1. The van der Waals surface area contributed by atoms with Gasteiger partial charge in [-0.15, -0.1) is 0 Å². The maximum Gasteiger partial charge on any atom is 0.302 e. The number of carbonyl (C=O) groups excluding carboxylic acids is 1. The van der Waals surface area contributed by atoms with Gasteiger partial charge in [-0.2, -0.15) is 0 Å². The highest BCUT2D eigenvalue weighted by molar-refractivity contribution is 5.66. The van der Waals surface area contributed by atoms with Gasteiger partial charge in [0.05, 0.1) is 18.3 Å². The van der Waals surface area contributed by atoms with Gasteiger partial charge in [-0.05, 0) is 73.0 Å². The van der Waals surface area contributed by atoms with Gasteiger partial charge in [0.25, 0.3) is 0 Å². The highest BCUT2D eigenvalue weighted by Crippen LogP contribution is 2.69. The largest absolute Gasteiger partial charge is 0.462 e. The van der Waals surface area contributed by atoms with Crippen LogP contribution < -0.4 is 0 Å². The average Bonchev–Trinajstić information content (AvgIpc) is 3.11. The van der Waals surface area contributed by atoms with Gasteiger partial charge < -0.3 is 25.2 Å². The van der Waals surface area contributed by atoms with Gasteiger partial charge in [-0.1, -0.05) is 54.4 Å². The lowest BCUT2D eigenvalue weighted by Crippen LogP contribution is -2.75. The Kier molecular flexibility index (Phi) is 7.71. The summed E-state index contributed by atoms with van der Waals surface area (Å²) in [6, 6.07) is 0. The van der Waals surface area contributed by atoms with Crippen molar-refractivity contribution >= 4 is 5.97 Å². The van der Waals surface area contributed by atoms with Crippen molar-refractivity contribution in [1.82, 2.24) is 0 Å². The van der Waals surface area contributed by atoms with E-state index in [1.807, 2.05) is 6.92 Å². The number of esters is 1. The molecule has 0 spiro atoms. The van der Waals surface area contributed by atoms with Crippen molar-refractivity contribution < 1.29 is 30.0 Å². The molecule has 0 amide bonds. The molecule has 13 atom stereocenters. The van der Waals surface area contributed by atoms with Crippen LogP contribution in [0.4, 0.5) is 0 Å².